The number of nitrogens with zero attached hydrogens (tertiary/aromatic N) is 1. The highest BCUT2D eigenvalue weighted by Gasteiger charge is 2.51. The topological polar surface area (TPSA) is 99.1 Å². The lowest BCUT2D eigenvalue weighted by Crippen LogP contribution is -2.59. The Hall–Kier alpha value is -2.38. The van der Waals surface area contributed by atoms with Gasteiger partial charge in [0.15, 0.2) is 0 Å². The van der Waals surface area contributed by atoms with Gasteiger partial charge in [-0.05, 0) is 25.0 Å². The molecule has 1 saturated carbocycles. The molecule has 2 aliphatic carbocycles. The molecule has 4 atom stereocenters. The van der Waals surface area contributed by atoms with Gasteiger partial charge >= 0.3 is 0 Å². The maximum absolute atomic E-state index is 13.4. The van der Waals surface area contributed by atoms with Gasteiger partial charge in [-0.25, -0.2) is 0 Å². The molecule has 2 amide bonds. The van der Waals surface area contributed by atoms with E-state index in [1.807, 2.05) is 43.0 Å². The van der Waals surface area contributed by atoms with Crippen LogP contribution in [0.15, 0.2) is 35.9 Å². The summed E-state index contributed by atoms with van der Waals surface area (Å²) in [4.78, 5) is 28.3. The SMILES string of the molecule is CC(C)C(=O)N(C1CCCCC1)[C@@H]1C=C(C(=O)NCCO)[C@@H]2c3ccccc3O[C@@H]2[C@H]1O. The molecule has 174 valence electrons. The maximum Gasteiger partial charge on any atom is 0.247 e. The van der Waals surface area contributed by atoms with Crippen LogP contribution in [0, 0.1) is 5.92 Å². The predicted molar refractivity (Wildman–Crippen MR) is 120 cm³/mol. The average Bonchev–Trinajstić information content (AvgIpc) is 3.20. The summed E-state index contributed by atoms with van der Waals surface area (Å²) in [6.07, 6.45) is 5.23. The number of aliphatic hydroxyl groups excluding tert-OH is 2. The van der Waals surface area contributed by atoms with Gasteiger partial charge in [-0.2, -0.15) is 0 Å². The van der Waals surface area contributed by atoms with E-state index in [4.69, 9.17) is 4.74 Å². The first-order valence-corrected chi connectivity index (χ1v) is 11.8. The molecule has 0 saturated heterocycles. The Labute approximate surface area is 189 Å². The standard InChI is InChI=1S/C25H34N2O5/c1-15(2)25(31)27(16-8-4-3-5-9-16)19-14-18(24(30)26-12-13-28)21-17-10-6-7-11-20(17)32-23(21)22(19)29/h6-7,10-11,14-16,19,21-23,28-29H,3-5,8-9,12-13H2,1-2H3,(H,26,30)/t19-,21+,22+,23+/m1/s1. The fourth-order valence-corrected chi connectivity index (χ4v) is 5.39. The van der Waals surface area contributed by atoms with Crippen molar-refractivity contribution >= 4 is 11.8 Å². The highest BCUT2D eigenvalue weighted by Crippen LogP contribution is 2.47. The molecule has 0 spiro atoms. The summed E-state index contributed by atoms with van der Waals surface area (Å²) in [6, 6.07) is 6.92. The van der Waals surface area contributed by atoms with Crippen LogP contribution in [-0.2, 0) is 9.59 Å². The van der Waals surface area contributed by atoms with Crippen molar-refractivity contribution in [3.8, 4) is 5.75 Å². The summed E-state index contributed by atoms with van der Waals surface area (Å²) in [5, 5.41) is 23.4. The summed E-state index contributed by atoms with van der Waals surface area (Å²) in [6.45, 7) is 3.72. The van der Waals surface area contributed by atoms with E-state index in [1.54, 1.807) is 6.08 Å². The third kappa shape index (κ3) is 4.16. The zero-order valence-electron chi connectivity index (χ0n) is 18.9. The fourth-order valence-electron chi connectivity index (χ4n) is 5.39. The number of benzene rings is 1. The normalized spacial score (nSPS) is 27.2. The zero-order valence-corrected chi connectivity index (χ0v) is 18.9. The van der Waals surface area contributed by atoms with Crippen molar-refractivity contribution in [2.24, 2.45) is 5.92 Å². The van der Waals surface area contributed by atoms with E-state index in [-0.39, 0.29) is 36.9 Å². The van der Waals surface area contributed by atoms with Gasteiger partial charge in [0, 0.05) is 29.6 Å². The summed E-state index contributed by atoms with van der Waals surface area (Å²) in [7, 11) is 0. The first-order chi connectivity index (χ1) is 15.4. The van der Waals surface area contributed by atoms with Crippen molar-refractivity contribution in [1.82, 2.24) is 10.2 Å². The Kier molecular flexibility index (Phi) is 6.86. The van der Waals surface area contributed by atoms with Gasteiger partial charge in [-0.3, -0.25) is 9.59 Å². The van der Waals surface area contributed by atoms with Crippen LogP contribution in [0.2, 0.25) is 0 Å². The van der Waals surface area contributed by atoms with Gasteiger partial charge < -0.3 is 25.2 Å². The van der Waals surface area contributed by atoms with Crippen molar-refractivity contribution in [3.63, 3.8) is 0 Å². The van der Waals surface area contributed by atoms with Gasteiger partial charge in [0.2, 0.25) is 11.8 Å². The van der Waals surface area contributed by atoms with Gasteiger partial charge in [0.05, 0.1) is 18.6 Å². The highest BCUT2D eigenvalue weighted by molar-refractivity contribution is 5.96. The van der Waals surface area contributed by atoms with Crippen LogP contribution in [0.5, 0.6) is 5.75 Å². The number of amides is 2. The van der Waals surface area contributed by atoms with Crippen LogP contribution in [0.3, 0.4) is 0 Å². The van der Waals surface area contributed by atoms with Crippen LogP contribution in [0.4, 0.5) is 0 Å². The van der Waals surface area contributed by atoms with E-state index in [1.165, 1.54) is 0 Å². The molecule has 0 bridgehead atoms. The predicted octanol–water partition coefficient (Wildman–Crippen LogP) is 2.13. The van der Waals surface area contributed by atoms with Gasteiger partial charge in [0.1, 0.15) is 18.0 Å². The third-order valence-corrected chi connectivity index (χ3v) is 6.91. The number of para-hydroxylation sites is 1. The lowest BCUT2D eigenvalue weighted by molar-refractivity contribution is -0.144. The first kappa shape index (κ1) is 22.8. The molecule has 1 aromatic carbocycles. The van der Waals surface area contributed by atoms with Crippen LogP contribution in [-0.4, -0.2) is 64.4 Å². The molecule has 1 heterocycles. The fraction of sp³-hybridized carbons (Fsp3) is 0.600. The molecule has 4 rings (SSSR count). The van der Waals surface area contributed by atoms with E-state index in [0.29, 0.717) is 11.3 Å². The molecule has 7 nitrogen and oxygen atoms in total. The number of nitrogens with one attached hydrogen (secondary N) is 1. The van der Waals surface area contributed by atoms with Gasteiger partial charge in [0.25, 0.3) is 0 Å². The molecule has 1 fully saturated rings. The Bertz CT molecular complexity index is 877. The summed E-state index contributed by atoms with van der Waals surface area (Å²) < 4.78 is 6.16. The minimum Gasteiger partial charge on any atom is -0.486 e. The van der Waals surface area contributed by atoms with Crippen LogP contribution in [0.1, 0.15) is 57.4 Å². The molecule has 32 heavy (non-hydrogen) atoms. The van der Waals surface area contributed by atoms with E-state index in [2.05, 4.69) is 5.32 Å². The number of rotatable bonds is 6. The van der Waals surface area contributed by atoms with Crippen molar-refractivity contribution in [3.05, 3.63) is 41.5 Å². The second kappa shape index (κ2) is 9.63. The molecule has 0 aromatic heterocycles. The Morgan fingerprint density at radius 1 is 1.19 bits per heavy atom. The molecular weight excluding hydrogens is 408 g/mol. The van der Waals surface area contributed by atoms with Crippen molar-refractivity contribution in [2.75, 3.05) is 13.2 Å². The van der Waals surface area contributed by atoms with E-state index >= 15 is 0 Å². The highest BCUT2D eigenvalue weighted by atomic mass is 16.5. The van der Waals surface area contributed by atoms with Gasteiger partial charge in [-0.15, -0.1) is 0 Å². The number of carbonyl (C=O) groups excluding carboxylic acids is 2. The second-order valence-electron chi connectivity index (χ2n) is 9.37. The van der Waals surface area contributed by atoms with E-state index in [0.717, 1.165) is 37.7 Å². The lowest BCUT2D eigenvalue weighted by Gasteiger charge is -2.45. The second-order valence-corrected chi connectivity index (χ2v) is 9.37. The largest absolute Gasteiger partial charge is 0.486 e. The average molecular weight is 443 g/mol. The Balaban J connectivity index is 1.76. The number of hydrogen-bond donors (Lipinski definition) is 3. The number of carbonyl (C=O) groups is 2. The molecular formula is C25H34N2O5. The number of fused-ring (bicyclic) bond motifs is 3. The number of aliphatic hydroxyl groups is 2. The summed E-state index contributed by atoms with van der Waals surface area (Å²) in [5.41, 5.74) is 1.35. The molecule has 7 heteroatoms. The Morgan fingerprint density at radius 3 is 2.59 bits per heavy atom. The molecule has 3 N–H and O–H groups in total. The van der Waals surface area contributed by atoms with Gasteiger partial charge in [-0.1, -0.05) is 51.3 Å². The maximum atomic E-state index is 13.4. The van der Waals surface area contributed by atoms with Crippen molar-refractivity contribution in [2.45, 2.75) is 76.2 Å². The monoisotopic (exact) mass is 442 g/mol. The quantitative estimate of drug-likeness (QED) is 0.627. The van der Waals surface area contributed by atoms with Crippen molar-refractivity contribution < 1.29 is 24.5 Å². The smallest absolute Gasteiger partial charge is 0.247 e. The molecule has 0 unspecified atom stereocenters. The lowest BCUT2D eigenvalue weighted by atomic mass is 9.76. The third-order valence-electron chi connectivity index (χ3n) is 6.91. The number of hydrogen-bond acceptors (Lipinski definition) is 5. The minimum absolute atomic E-state index is 0.0127. The van der Waals surface area contributed by atoms with E-state index < -0.39 is 24.2 Å². The summed E-state index contributed by atoms with van der Waals surface area (Å²) in [5.74, 6) is -0.294. The summed E-state index contributed by atoms with van der Waals surface area (Å²) >= 11 is 0. The zero-order chi connectivity index (χ0) is 22.8. The Morgan fingerprint density at radius 2 is 1.91 bits per heavy atom. The molecule has 3 aliphatic rings. The minimum atomic E-state index is -0.952. The van der Waals surface area contributed by atoms with Crippen molar-refractivity contribution in [1.29, 1.82) is 0 Å². The molecule has 1 aliphatic heterocycles. The van der Waals surface area contributed by atoms with Crippen LogP contribution >= 0.6 is 0 Å². The van der Waals surface area contributed by atoms with E-state index in [9.17, 15) is 19.8 Å². The first-order valence-electron chi connectivity index (χ1n) is 11.8. The molecule has 1 aromatic rings. The number of ether oxygens (including phenoxy) is 1. The van der Waals surface area contributed by atoms with Crippen LogP contribution in [0.25, 0.3) is 0 Å². The van der Waals surface area contributed by atoms with Crippen LogP contribution < -0.4 is 10.1 Å². The molecule has 0 radical (unpaired) electrons.